The Kier molecular flexibility index (Phi) is 7.31. The van der Waals surface area contributed by atoms with Crippen molar-refractivity contribution in [1.82, 2.24) is 4.57 Å². The largest absolute Gasteiger partial charge is 0.496 e. The molecule has 1 aliphatic heterocycles. The van der Waals surface area contributed by atoms with Gasteiger partial charge in [0.05, 0.1) is 40.0 Å². The van der Waals surface area contributed by atoms with E-state index in [2.05, 4.69) is 15.9 Å². The van der Waals surface area contributed by atoms with Crippen LogP contribution in [0.1, 0.15) is 43.2 Å². The fourth-order valence-corrected chi connectivity index (χ4v) is 6.09. The molecule has 0 saturated heterocycles. The highest BCUT2D eigenvalue weighted by molar-refractivity contribution is 9.10. The van der Waals surface area contributed by atoms with Crippen molar-refractivity contribution in [2.24, 2.45) is 4.99 Å². The first-order valence-electron chi connectivity index (χ1n) is 10.6. The zero-order chi connectivity index (χ0) is 23.5. The monoisotopic (exact) mass is 546 g/mol. The summed E-state index contributed by atoms with van der Waals surface area (Å²) in [7, 11) is 1.59. The van der Waals surface area contributed by atoms with E-state index < -0.39 is 12.0 Å². The number of hydrogen-bond acceptors (Lipinski definition) is 7. The van der Waals surface area contributed by atoms with E-state index in [1.807, 2.05) is 48.7 Å². The summed E-state index contributed by atoms with van der Waals surface area (Å²) >= 11 is 6.44. The van der Waals surface area contributed by atoms with Crippen LogP contribution in [0.4, 0.5) is 0 Å². The van der Waals surface area contributed by atoms with E-state index in [1.165, 1.54) is 11.3 Å². The molecule has 0 spiro atoms. The molecule has 0 N–H and O–H groups in total. The van der Waals surface area contributed by atoms with Gasteiger partial charge in [0, 0.05) is 4.88 Å². The third-order valence-electron chi connectivity index (χ3n) is 5.20. The summed E-state index contributed by atoms with van der Waals surface area (Å²) in [6, 6.07) is 8.85. The maximum atomic E-state index is 13.6. The third kappa shape index (κ3) is 4.62. The third-order valence-corrected chi connectivity index (χ3v) is 7.62. The summed E-state index contributed by atoms with van der Waals surface area (Å²) < 4.78 is 13.7. The van der Waals surface area contributed by atoms with Crippen molar-refractivity contribution in [3.8, 4) is 5.75 Å². The summed E-state index contributed by atoms with van der Waals surface area (Å²) in [4.78, 5) is 33.1. The van der Waals surface area contributed by atoms with Crippen molar-refractivity contribution >= 4 is 50.6 Å². The number of benzene rings is 1. The quantitative estimate of drug-likeness (QED) is 0.411. The van der Waals surface area contributed by atoms with Gasteiger partial charge in [-0.3, -0.25) is 9.36 Å². The molecule has 6 nitrogen and oxygen atoms in total. The second-order valence-electron chi connectivity index (χ2n) is 7.32. The number of halogens is 1. The minimum absolute atomic E-state index is 0.179. The molecular formula is C24H23BrN2O4S2. The van der Waals surface area contributed by atoms with Gasteiger partial charge in [0.15, 0.2) is 4.80 Å². The average Bonchev–Trinajstić information content (AvgIpc) is 3.41. The van der Waals surface area contributed by atoms with Gasteiger partial charge in [-0.15, -0.1) is 11.3 Å². The number of carbonyl (C=O) groups is 1. The Morgan fingerprint density at radius 2 is 2.12 bits per heavy atom. The van der Waals surface area contributed by atoms with Crippen LogP contribution in [0.15, 0.2) is 61.2 Å². The molecule has 0 fully saturated rings. The number of methoxy groups -OCH3 is 1. The van der Waals surface area contributed by atoms with Crippen molar-refractivity contribution in [1.29, 1.82) is 0 Å². The fraction of sp³-hybridized carbons (Fsp3) is 0.292. The first-order chi connectivity index (χ1) is 16.0. The van der Waals surface area contributed by atoms with Crippen LogP contribution >= 0.6 is 38.6 Å². The average molecular weight is 547 g/mol. The normalized spacial score (nSPS) is 15.9. The van der Waals surface area contributed by atoms with Gasteiger partial charge in [0.2, 0.25) is 0 Å². The number of allylic oxidation sites excluding steroid dienone is 1. The van der Waals surface area contributed by atoms with Crippen LogP contribution in [0.5, 0.6) is 5.75 Å². The molecule has 33 heavy (non-hydrogen) atoms. The highest BCUT2D eigenvalue weighted by atomic mass is 79.9. The lowest BCUT2D eigenvalue weighted by atomic mass is 9.94. The summed E-state index contributed by atoms with van der Waals surface area (Å²) in [6.07, 6.45) is 3.30. The smallest absolute Gasteiger partial charge is 0.338 e. The zero-order valence-corrected chi connectivity index (χ0v) is 21.7. The Labute approximate surface area is 207 Å². The zero-order valence-electron chi connectivity index (χ0n) is 18.5. The predicted molar refractivity (Wildman–Crippen MR) is 135 cm³/mol. The summed E-state index contributed by atoms with van der Waals surface area (Å²) in [5.74, 6) is 0.216. The van der Waals surface area contributed by atoms with Crippen LogP contribution < -0.4 is 19.6 Å². The molecule has 3 aromatic rings. The summed E-state index contributed by atoms with van der Waals surface area (Å²) in [5.41, 5.74) is 1.67. The molecule has 172 valence electrons. The number of nitrogens with zero attached hydrogens (tertiary/aromatic N) is 2. The van der Waals surface area contributed by atoms with E-state index in [4.69, 9.17) is 14.5 Å². The first kappa shape index (κ1) is 23.7. The SMILES string of the molecule is CCCC1=C(C(=O)OCC)C(c2ccc(OC)c(Br)c2)n2c(s/c(=C\c3cccs3)c2=O)=N1. The maximum absolute atomic E-state index is 13.6. The molecule has 1 aliphatic rings. The highest BCUT2D eigenvalue weighted by Gasteiger charge is 2.34. The minimum atomic E-state index is -0.644. The predicted octanol–water partition coefficient (Wildman–Crippen LogP) is 4.41. The van der Waals surface area contributed by atoms with Crippen LogP contribution in [0.25, 0.3) is 6.08 Å². The van der Waals surface area contributed by atoms with Gasteiger partial charge >= 0.3 is 5.97 Å². The van der Waals surface area contributed by atoms with Gasteiger partial charge in [-0.05, 0) is 64.5 Å². The van der Waals surface area contributed by atoms with Crippen LogP contribution in [0.2, 0.25) is 0 Å². The Morgan fingerprint density at radius 1 is 1.30 bits per heavy atom. The van der Waals surface area contributed by atoms with E-state index in [1.54, 1.807) is 29.9 Å². The first-order valence-corrected chi connectivity index (χ1v) is 13.1. The number of ether oxygens (including phenoxy) is 2. The number of thiazole rings is 1. The minimum Gasteiger partial charge on any atom is -0.496 e. The number of fused-ring (bicyclic) bond motifs is 1. The van der Waals surface area contributed by atoms with Crippen molar-refractivity contribution in [2.75, 3.05) is 13.7 Å². The number of aromatic nitrogens is 1. The highest BCUT2D eigenvalue weighted by Crippen LogP contribution is 2.36. The molecule has 1 aromatic carbocycles. The van der Waals surface area contributed by atoms with Gasteiger partial charge in [-0.25, -0.2) is 9.79 Å². The Hall–Kier alpha value is -2.49. The van der Waals surface area contributed by atoms with E-state index in [0.29, 0.717) is 32.8 Å². The summed E-state index contributed by atoms with van der Waals surface area (Å²) in [5, 5.41) is 1.97. The van der Waals surface area contributed by atoms with Gasteiger partial charge in [0.25, 0.3) is 5.56 Å². The van der Waals surface area contributed by atoms with Crippen molar-refractivity contribution < 1.29 is 14.3 Å². The molecule has 0 aliphatic carbocycles. The molecule has 1 unspecified atom stereocenters. The lowest BCUT2D eigenvalue weighted by molar-refractivity contribution is -0.139. The molecular weight excluding hydrogens is 524 g/mol. The molecule has 4 rings (SSSR count). The standard InChI is InChI=1S/C24H23BrN2O4S2/c1-4-7-17-20(23(29)31-5-2)21(14-9-10-18(30-3)16(25)12-14)27-22(28)19(33-24(27)26-17)13-15-8-6-11-32-15/h6,8-13,21H,4-5,7H2,1-3H3/b19-13-. The second kappa shape index (κ2) is 10.2. The van der Waals surface area contributed by atoms with E-state index in [-0.39, 0.29) is 12.2 Å². The van der Waals surface area contributed by atoms with Crippen molar-refractivity contribution in [2.45, 2.75) is 32.7 Å². The molecule has 0 saturated carbocycles. The Morgan fingerprint density at radius 3 is 2.76 bits per heavy atom. The number of hydrogen-bond donors (Lipinski definition) is 0. The number of esters is 1. The van der Waals surface area contributed by atoms with Crippen LogP contribution in [0.3, 0.4) is 0 Å². The number of thiophene rings is 1. The molecule has 2 aromatic heterocycles. The van der Waals surface area contributed by atoms with Gasteiger partial charge < -0.3 is 9.47 Å². The van der Waals surface area contributed by atoms with Crippen LogP contribution in [0, 0.1) is 0 Å². The van der Waals surface area contributed by atoms with Crippen LogP contribution in [-0.2, 0) is 9.53 Å². The lowest BCUT2D eigenvalue weighted by Crippen LogP contribution is -2.40. The van der Waals surface area contributed by atoms with Crippen molar-refractivity contribution in [3.63, 3.8) is 0 Å². The van der Waals surface area contributed by atoms with Gasteiger partial charge in [0.1, 0.15) is 5.75 Å². The maximum Gasteiger partial charge on any atom is 0.338 e. The molecule has 3 heterocycles. The van der Waals surface area contributed by atoms with E-state index in [9.17, 15) is 9.59 Å². The Balaban J connectivity index is 2.01. The molecule has 9 heteroatoms. The lowest BCUT2D eigenvalue weighted by Gasteiger charge is -2.26. The van der Waals surface area contributed by atoms with Gasteiger partial charge in [-0.1, -0.05) is 36.8 Å². The molecule has 0 amide bonds. The second-order valence-corrected chi connectivity index (χ2v) is 10.2. The van der Waals surface area contributed by atoms with Crippen LogP contribution in [-0.4, -0.2) is 24.3 Å². The topological polar surface area (TPSA) is 69.9 Å². The van der Waals surface area contributed by atoms with E-state index in [0.717, 1.165) is 21.3 Å². The Bertz CT molecular complexity index is 1390. The van der Waals surface area contributed by atoms with E-state index >= 15 is 0 Å². The summed E-state index contributed by atoms with van der Waals surface area (Å²) in [6.45, 7) is 4.05. The number of rotatable bonds is 7. The number of carbonyl (C=O) groups excluding carboxylic acids is 1. The molecule has 0 radical (unpaired) electrons. The van der Waals surface area contributed by atoms with Gasteiger partial charge in [-0.2, -0.15) is 0 Å². The molecule has 1 atom stereocenters. The van der Waals surface area contributed by atoms with Crippen molar-refractivity contribution in [3.05, 3.63) is 81.6 Å². The molecule has 0 bridgehead atoms. The fourth-order valence-electron chi connectivity index (χ4n) is 3.79.